The third-order valence-corrected chi connectivity index (χ3v) is 2.26. The van der Waals surface area contributed by atoms with Gasteiger partial charge >= 0.3 is 0 Å². The third-order valence-electron chi connectivity index (χ3n) is 2.26. The molecule has 18 heavy (non-hydrogen) atoms. The van der Waals surface area contributed by atoms with Gasteiger partial charge < -0.3 is 15.6 Å². The van der Waals surface area contributed by atoms with Crippen molar-refractivity contribution in [1.29, 1.82) is 0 Å². The van der Waals surface area contributed by atoms with E-state index in [2.05, 4.69) is 20.6 Å². The van der Waals surface area contributed by atoms with E-state index in [1.54, 1.807) is 0 Å². The number of H-pyrrole nitrogens is 1. The highest BCUT2D eigenvalue weighted by Crippen LogP contribution is 1.98. The molecule has 0 aliphatic carbocycles. The quantitative estimate of drug-likeness (QED) is 0.688. The number of nitrogens with zero attached hydrogens (tertiary/aromatic N) is 1. The van der Waals surface area contributed by atoms with E-state index in [0.29, 0.717) is 30.5 Å². The Labute approximate surface area is 106 Å². The van der Waals surface area contributed by atoms with Gasteiger partial charge in [-0.1, -0.05) is 20.8 Å². The second-order valence-corrected chi connectivity index (χ2v) is 4.48. The summed E-state index contributed by atoms with van der Waals surface area (Å²) in [5.74, 6) is 1.34. The topological polar surface area (TPSA) is 86.9 Å². The molecular formula is C12H20N4O2. The lowest BCUT2D eigenvalue weighted by molar-refractivity contribution is -0.119. The van der Waals surface area contributed by atoms with E-state index in [9.17, 15) is 9.59 Å². The predicted octanol–water partition coefficient (Wildman–Crippen LogP) is 0.516. The van der Waals surface area contributed by atoms with E-state index in [1.165, 1.54) is 6.07 Å². The molecule has 0 saturated carbocycles. The average molecular weight is 252 g/mol. The van der Waals surface area contributed by atoms with Gasteiger partial charge in [0.15, 0.2) is 0 Å². The number of anilines is 1. The smallest absolute Gasteiger partial charge is 0.252 e. The summed E-state index contributed by atoms with van der Waals surface area (Å²) in [6, 6.07) is 1.34. The Morgan fingerprint density at radius 3 is 2.83 bits per heavy atom. The number of nitrogens with one attached hydrogen (secondary N) is 3. The largest absolute Gasteiger partial charge is 0.361 e. The van der Waals surface area contributed by atoms with Gasteiger partial charge in [0.05, 0.1) is 6.54 Å². The van der Waals surface area contributed by atoms with Crippen LogP contribution >= 0.6 is 0 Å². The zero-order valence-corrected chi connectivity index (χ0v) is 11.0. The van der Waals surface area contributed by atoms with Crippen LogP contribution in [0.3, 0.4) is 0 Å². The van der Waals surface area contributed by atoms with Gasteiger partial charge in [-0.05, 0) is 5.92 Å². The molecule has 1 amide bonds. The Morgan fingerprint density at radius 1 is 1.50 bits per heavy atom. The maximum atomic E-state index is 11.5. The van der Waals surface area contributed by atoms with Crippen LogP contribution in [0.2, 0.25) is 0 Å². The van der Waals surface area contributed by atoms with Crippen molar-refractivity contribution in [1.82, 2.24) is 15.3 Å². The van der Waals surface area contributed by atoms with E-state index >= 15 is 0 Å². The molecule has 0 radical (unpaired) electrons. The normalized spacial score (nSPS) is 10.4. The number of aryl methyl sites for hydroxylation is 1. The van der Waals surface area contributed by atoms with Gasteiger partial charge in [0.2, 0.25) is 5.91 Å². The van der Waals surface area contributed by atoms with Gasteiger partial charge in [0, 0.05) is 19.0 Å². The van der Waals surface area contributed by atoms with Crippen molar-refractivity contribution in [2.75, 3.05) is 18.4 Å². The van der Waals surface area contributed by atoms with Gasteiger partial charge in [-0.2, -0.15) is 0 Å². The summed E-state index contributed by atoms with van der Waals surface area (Å²) in [4.78, 5) is 29.6. The first kappa shape index (κ1) is 14.2. The van der Waals surface area contributed by atoms with E-state index in [0.717, 1.165) is 0 Å². The molecule has 6 nitrogen and oxygen atoms in total. The Morgan fingerprint density at radius 2 is 2.22 bits per heavy atom. The molecule has 1 aromatic heterocycles. The summed E-state index contributed by atoms with van der Waals surface area (Å²) in [7, 11) is 0. The zero-order chi connectivity index (χ0) is 13.5. The van der Waals surface area contributed by atoms with Crippen LogP contribution in [0.15, 0.2) is 10.9 Å². The molecule has 3 N–H and O–H groups in total. The second-order valence-electron chi connectivity index (χ2n) is 4.48. The van der Waals surface area contributed by atoms with E-state index in [4.69, 9.17) is 0 Å². The summed E-state index contributed by atoms with van der Waals surface area (Å²) in [6.45, 7) is 6.71. The van der Waals surface area contributed by atoms with Crippen LogP contribution in [0.5, 0.6) is 0 Å². The van der Waals surface area contributed by atoms with Crippen LogP contribution in [-0.4, -0.2) is 29.0 Å². The van der Waals surface area contributed by atoms with Crippen molar-refractivity contribution in [2.45, 2.75) is 27.2 Å². The highest BCUT2D eigenvalue weighted by molar-refractivity contribution is 5.80. The third kappa shape index (κ3) is 4.99. The molecule has 1 rings (SSSR count). The number of hydrogen-bond donors (Lipinski definition) is 3. The van der Waals surface area contributed by atoms with Gasteiger partial charge in [-0.25, -0.2) is 4.98 Å². The lowest BCUT2D eigenvalue weighted by Gasteiger charge is -2.09. The fourth-order valence-corrected chi connectivity index (χ4v) is 1.32. The van der Waals surface area contributed by atoms with Crippen LogP contribution in [0, 0.1) is 5.92 Å². The summed E-state index contributed by atoms with van der Waals surface area (Å²) in [5, 5.41) is 5.62. The van der Waals surface area contributed by atoms with Crippen molar-refractivity contribution in [2.24, 2.45) is 5.92 Å². The van der Waals surface area contributed by atoms with Crippen molar-refractivity contribution >= 4 is 11.7 Å². The lowest BCUT2D eigenvalue weighted by atomic mass is 10.2. The molecule has 6 heteroatoms. The molecule has 0 unspecified atom stereocenters. The fourth-order valence-electron chi connectivity index (χ4n) is 1.32. The van der Waals surface area contributed by atoms with Crippen LogP contribution in [-0.2, 0) is 11.2 Å². The monoisotopic (exact) mass is 252 g/mol. The highest BCUT2D eigenvalue weighted by atomic mass is 16.2. The van der Waals surface area contributed by atoms with E-state index in [-0.39, 0.29) is 18.0 Å². The lowest BCUT2D eigenvalue weighted by Crippen LogP contribution is -2.33. The number of carbonyl (C=O) groups excluding carboxylic acids is 1. The Bertz CT molecular complexity index is 454. The molecule has 0 aromatic carbocycles. The fraction of sp³-hybridized carbons (Fsp3) is 0.583. The summed E-state index contributed by atoms with van der Waals surface area (Å²) in [6.07, 6.45) is 0.643. The molecule has 0 bridgehead atoms. The number of carbonyl (C=O) groups is 1. The van der Waals surface area contributed by atoms with E-state index < -0.39 is 0 Å². The van der Waals surface area contributed by atoms with Crippen molar-refractivity contribution in [3.05, 3.63) is 22.2 Å². The van der Waals surface area contributed by atoms with Gasteiger partial charge in [-0.15, -0.1) is 0 Å². The zero-order valence-electron chi connectivity index (χ0n) is 11.0. The molecule has 1 aromatic rings. The number of amides is 1. The molecule has 0 atom stereocenters. The van der Waals surface area contributed by atoms with Crippen molar-refractivity contribution in [3.63, 3.8) is 0 Å². The van der Waals surface area contributed by atoms with Gasteiger partial charge in [0.25, 0.3) is 5.56 Å². The van der Waals surface area contributed by atoms with Crippen LogP contribution in [0.25, 0.3) is 0 Å². The Kier molecular flexibility index (Phi) is 5.35. The number of aromatic nitrogens is 2. The SMILES string of the molecule is CCc1nc(NCC(=O)NCC(C)C)cc(=O)[nH]1. The minimum absolute atomic E-state index is 0.108. The molecule has 100 valence electrons. The standard InChI is InChI=1S/C12H20N4O2/c1-4-9-15-10(5-11(17)16-9)13-7-12(18)14-6-8(2)3/h5,8H,4,6-7H2,1-3H3,(H,14,18)(H2,13,15,16,17). The van der Waals surface area contributed by atoms with Crippen LogP contribution in [0.4, 0.5) is 5.82 Å². The van der Waals surface area contributed by atoms with Crippen molar-refractivity contribution < 1.29 is 4.79 Å². The Balaban J connectivity index is 2.50. The van der Waals surface area contributed by atoms with Gasteiger partial charge in [0.1, 0.15) is 11.6 Å². The Hall–Kier alpha value is -1.85. The molecule has 0 aliphatic heterocycles. The number of hydrogen-bond acceptors (Lipinski definition) is 4. The number of aromatic amines is 1. The molecular weight excluding hydrogens is 232 g/mol. The highest BCUT2D eigenvalue weighted by Gasteiger charge is 2.04. The first-order chi connectivity index (χ1) is 8.51. The van der Waals surface area contributed by atoms with E-state index in [1.807, 2.05) is 20.8 Å². The average Bonchev–Trinajstić information content (AvgIpc) is 2.33. The van der Waals surface area contributed by atoms with Crippen molar-refractivity contribution in [3.8, 4) is 0 Å². The van der Waals surface area contributed by atoms with Gasteiger partial charge in [-0.3, -0.25) is 9.59 Å². The van der Waals surface area contributed by atoms with Crippen LogP contribution in [0.1, 0.15) is 26.6 Å². The predicted molar refractivity (Wildman–Crippen MR) is 70.6 cm³/mol. The first-order valence-electron chi connectivity index (χ1n) is 6.12. The minimum atomic E-state index is -0.216. The summed E-state index contributed by atoms with van der Waals surface area (Å²) >= 11 is 0. The molecule has 0 spiro atoms. The maximum absolute atomic E-state index is 11.5. The number of rotatable bonds is 6. The molecule has 0 aliphatic rings. The second kappa shape index (κ2) is 6.78. The minimum Gasteiger partial charge on any atom is -0.361 e. The maximum Gasteiger partial charge on any atom is 0.252 e. The molecule has 0 fully saturated rings. The summed E-state index contributed by atoms with van der Waals surface area (Å²) in [5.41, 5.74) is -0.216. The summed E-state index contributed by atoms with van der Waals surface area (Å²) < 4.78 is 0. The molecule has 0 saturated heterocycles. The molecule has 1 heterocycles. The van der Waals surface area contributed by atoms with Crippen LogP contribution < -0.4 is 16.2 Å². The first-order valence-corrected chi connectivity index (χ1v) is 6.12.